The maximum Gasteiger partial charge on any atom is 0.265 e. The molecule has 1 aliphatic heterocycles. The van der Waals surface area contributed by atoms with Crippen molar-refractivity contribution in [1.82, 2.24) is 0 Å². The van der Waals surface area contributed by atoms with Gasteiger partial charge in [-0.3, -0.25) is 4.79 Å². The molecule has 3 rings (SSSR count). The molecule has 1 aromatic heterocycles. The second-order valence-corrected chi connectivity index (χ2v) is 7.61. The zero-order valence-corrected chi connectivity index (χ0v) is 14.8. The first-order chi connectivity index (χ1) is 10.1. The van der Waals surface area contributed by atoms with Crippen LogP contribution in [0.15, 0.2) is 38.6 Å². The molecule has 110 valence electrons. The first kappa shape index (κ1) is 15.2. The highest BCUT2D eigenvalue weighted by Crippen LogP contribution is 2.32. The monoisotopic (exact) mass is 431 g/mol. The Bertz CT molecular complexity index is 631. The lowest BCUT2D eigenvalue weighted by Crippen LogP contribution is -2.10. The number of halogens is 2. The molecule has 7 heteroatoms. The van der Waals surface area contributed by atoms with Crippen LogP contribution in [0, 0.1) is 0 Å². The normalized spacial score (nSPS) is 15.3. The number of thiophene rings is 1. The molecular formula is C14H11Br2NO3S. The maximum absolute atomic E-state index is 12.1. The molecule has 1 N–H and O–H groups in total. The number of nitrogens with one attached hydrogen (secondary N) is 1. The summed E-state index contributed by atoms with van der Waals surface area (Å²) in [6.07, 6.45) is -0.293. The lowest BCUT2D eigenvalue weighted by Gasteiger charge is -2.10. The van der Waals surface area contributed by atoms with Gasteiger partial charge >= 0.3 is 0 Å². The van der Waals surface area contributed by atoms with E-state index in [1.807, 2.05) is 24.3 Å². The maximum atomic E-state index is 12.1. The number of rotatable bonds is 3. The fourth-order valence-corrected chi connectivity index (χ4v) is 3.86. The van der Waals surface area contributed by atoms with Crippen molar-refractivity contribution >= 4 is 54.8 Å². The molecule has 2 heterocycles. The van der Waals surface area contributed by atoms with E-state index in [0.717, 1.165) is 19.5 Å². The van der Waals surface area contributed by atoms with E-state index < -0.39 is 0 Å². The molecule has 1 amide bonds. The van der Waals surface area contributed by atoms with Crippen molar-refractivity contribution in [3.63, 3.8) is 0 Å². The van der Waals surface area contributed by atoms with Gasteiger partial charge in [0.15, 0.2) is 6.29 Å². The van der Waals surface area contributed by atoms with Crippen molar-refractivity contribution in [3.05, 3.63) is 49.0 Å². The van der Waals surface area contributed by atoms with Crippen molar-refractivity contribution in [1.29, 1.82) is 0 Å². The minimum atomic E-state index is -0.293. The van der Waals surface area contributed by atoms with Crippen LogP contribution in [0.3, 0.4) is 0 Å². The molecule has 0 saturated carbocycles. The van der Waals surface area contributed by atoms with Gasteiger partial charge < -0.3 is 14.8 Å². The van der Waals surface area contributed by atoms with E-state index in [1.165, 1.54) is 11.3 Å². The summed E-state index contributed by atoms with van der Waals surface area (Å²) in [7, 11) is 0. The number of anilines is 1. The third-order valence-electron chi connectivity index (χ3n) is 2.93. The van der Waals surface area contributed by atoms with Gasteiger partial charge in [0.05, 0.1) is 21.9 Å². The van der Waals surface area contributed by atoms with E-state index in [2.05, 4.69) is 37.2 Å². The predicted molar refractivity (Wildman–Crippen MR) is 88.8 cm³/mol. The Hall–Kier alpha value is -0.730. The lowest BCUT2D eigenvalue weighted by atomic mass is 10.2. The van der Waals surface area contributed by atoms with Gasteiger partial charge in [-0.1, -0.05) is 12.1 Å². The second kappa shape index (κ2) is 6.58. The van der Waals surface area contributed by atoms with Gasteiger partial charge in [0.2, 0.25) is 0 Å². The molecule has 4 nitrogen and oxygen atoms in total. The van der Waals surface area contributed by atoms with Crippen LogP contribution in [-0.2, 0) is 9.47 Å². The molecule has 0 radical (unpaired) electrons. The number of carbonyl (C=O) groups excluding carboxylic acids is 1. The Morgan fingerprint density at radius 2 is 1.86 bits per heavy atom. The first-order valence-electron chi connectivity index (χ1n) is 6.23. The number of ether oxygens (including phenoxy) is 2. The van der Waals surface area contributed by atoms with Crippen LogP contribution in [0.4, 0.5) is 5.69 Å². The number of carbonyl (C=O) groups is 1. The summed E-state index contributed by atoms with van der Waals surface area (Å²) in [5.74, 6) is -0.132. The van der Waals surface area contributed by atoms with Crippen molar-refractivity contribution in [2.24, 2.45) is 0 Å². The van der Waals surface area contributed by atoms with Crippen LogP contribution in [-0.4, -0.2) is 19.1 Å². The largest absolute Gasteiger partial charge is 0.346 e. The Morgan fingerprint density at radius 3 is 2.43 bits per heavy atom. The van der Waals surface area contributed by atoms with Crippen LogP contribution in [0.2, 0.25) is 0 Å². The summed E-state index contributed by atoms with van der Waals surface area (Å²) >= 11 is 8.14. The Morgan fingerprint density at radius 1 is 1.19 bits per heavy atom. The summed E-state index contributed by atoms with van der Waals surface area (Å²) in [5.41, 5.74) is 1.69. The highest BCUT2D eigenvalue weighted by Gasteiger charge is 2.18. The minimum Gasteiger partial charge on any atom is -0.346 e. The van der Waals surface area contributed by atoms with E-state index in [1.54, 1.807) is 6.07 Å². The number of hydrogen-bond acceptors (Lipinski definition) is 4. The minimum absolute atomic E-state index is 0.132. The second-order valence-electron chi connectivity index (χ2n) is 4.38. The topological polar surface area (TPSA) is 47.6 Å². The van der Waals surface area contributed by atoms with Crippen LogP contribution in [0.25, 0.3) is 0 Å². The summed E-state index contributed by atoms with van der Waals surface area (Å²) < 4.78 is 12.6. The summed E-state index contributed by atoms with van der Waals surface area (Å²) in [6, 6.07) is 9.27. The molecule has 0 aliphatic carbocycles. The number of benzene rings is 1. The molecule has 1 saturated heterocycles. The van der Waals surface area contributed by atoms with Gasteiger partial charge in [-0.25, -0.2) is 0 Å². The van der Waals surface area contributed by atoms with E-state index in [4.69, 9.17) is 9.47 Å². The zero-order valence-electron chi connectivity index (χ0n) is 10.8. The third kappa shape index (κ3) is 3.54. The molecular weight excluding hydrogens is 422 g/mol. The predicted octanol–water partition coefficient (Wildman–Crippen LogP) is 4.57. The van der Waals surface area contributed by atoms with Crippen LogP contribution in [0.5, 0.6) is 0 Å². The first-order valence-corrected chi connectivity index (χ1v) is 8.63. The van der Waals surface area contributed by atoms with E-state index in [0.29, 0.717) is 18.1 Å². The third-order valence-corrected chi connectivity index (χ3v) is 6.19. The zero-order chi connectivity index (χ0) is 14.8. The molecule has 1 aromatic carbocycles. The smallest absolute Gasteiger partial charge is 0.265 e. The van der Waals surface area contributed by atoms with Gasteiger partial charge in [-0.2, -0.15) is 0 Å². The SMILES string of the molecule is O=C(Nc1ccc(C2OCCO2)cc1)c1cc(Br)c(Br)s1. The molecule has 21 heavy (non-hydrogen) atoms. The summed E-state index contributed by atoms with van der Waals surface area (Å²) in [6.45, 7) is 1.23. The Labute approximate surface area is 142 Å². The van der Waals surface area contributed by atoms with Crippen LogP contribution >= 0.6 is 43.2 Å². The van der Waals surface area contributed by atoms with Crippen LogP contribution in [0.1, 0.15) is 21.5 Å². The van der Waals surface area contributed by atoms with Gasteiger partial charge in [-0.15, -0.1) is 11.3 Å². The molecule has 0 bridgehead atoms. The average molecular weight is 433 g/mol. The average Bonchev–Trinajstić information content (AvgIpc) is 3.11. The fourth-order valence-electron chi connectivity index (χ4n) is 1.93. The van der Waals surface area contributed by atoms with E-state index >= 15 is 0 Å². The molecule has 0 atom stereocenters. The van der Waals surface area contributed by atoms with Gasteiger partial charge in [0.25, 0.3) is 5.91 Å². The molecule has 0 unspecified atom stereocenters. The molecule has 1 fully saturated rings. The highest BCUT2D eigenvalue weighted by atomic mass is 79.9. The standard InChI is InChI=1S/C14H11Br2NO3S/c15-10-7-11(21-12(10)16)13(18)17-9-3-1-8(2-4-9)14-19-5-6-20-14/h1-4,7,14H,5-6H2,(H,17,18). The van der Waals surface area contributed by atoms with Crippen molar-refractivity contribution in [2.45, 2.75) is 6.29 Å². The van der Waals surface area contributed by atoms with Crippen LogP contribution < -0.4 is 5.32 Å². The molecule has 2 aromatic rings. The summed E-state index contributed by atoms with van der Waals surface area (Å²) in [4.78, 5) is 12.8. The number of hydrogen-bond donors (Lipinski definition) is 1. The quantitative estimate of drug-likeness (QED) is 0.772. The highest BCUT2D eigenvalue weighted by molar-refractivity contribution is 9.13. The van der Waals surface area contributed by atoms with Gasteiger partial charge in [0.1, 0.15) is 0 Å². The van der Waals surface area contributed by atoms with Gasteiger partial charge in [-0.05, 0) is 50.1 Å². The molecule has 1 aliphatic rings. The van der Waals surface area contributed by atoms with Crippen molar-refractivity contribution in [2.75, 3.05) is 18.5 Å². The van der Waals surface area contributed by atoms with Gasteiger partial charge in [0, 0.05) is 15.7 Å². The van der Waals surface area contributed by atoms with Crippen molar-refractivity contribution in [3.8, 4) is 0 Å². The Kier molecular flexibility index (Phi) is 4.75. The van der Waals surface area contributed by atoms with E-state index in [-0.39, 0.29) is 12.2 Å². The lowest BCUT2D eigenvalue weighted by molar-refractivity contribution is -0.0441. The Balaban J connectivity index is 1.68. The molecule has 0 spiro atoms. The summed E-state index contributed by atoms with van der Waals surface area (Å²) in [5, 5.41) is 2.86. The number of amides is 1. The van der Waals surface area contributed by atoms with E-state index in [9.17, 15) is 4.79 Å². The fraction of sp³-hybridized carbons (Fsp3) is 0.214. The van der Waals surface area contributed by atoms with Crippen molar-refractivity contribution < 1.29 is 14.3 Å².